The van der Waals surface area contributed by atoms with Crippen LogP contribution in [0, 0.1) is 34.0 Å². The summed E-state index contributed by atoms with van der Waals surface area (Å²) in [5.74, 6) is -3.52. The number of rotatable bonds is 2. The van der Waals surface area contributed by atoms with Gasteiger partial charge in [0.25, 0.3) is 0 Å². The van der Waals surface area contributed by atoms with Gasteiger partial charge in [-0.1, -0.05) is 13.5 Å². The van der Waals surface area contributed by atoms with E-state index >= 15 is 0 Å². The molecule has 2 aliphatic heterocycles. The van der Waals surface area contributed by atoms with Crippen molar-refractivity contribution in [2.45, 2.75) is 63.9 Å². The average molecular weight is 406 g/mol. The maximum Gasteiger partial charge on any atom is 0.302 e. The lowest BCUT2D eigenvalue weighted by atomic mass is 9.36. The third-order valence-corrected chi connectivity index (χ3v) is 9.25. The number of esters is 1. The molecule has 6 aliphatic rings. The predicted molar refractivity (Wildman–Crippen MR) is 100 cm³/mol. The SMILES string of the molecule is C=C1C(=O)[C@]23C[C@H]1CC[C@H]2[C@@]12CO[C@]3(O)[C@@H](O)[C@@H]1[C@](C)(COC(C)=O)CC[C@H]2O. The molecule has 0 aromatic carbocycles. The molecule has 2 saturated heterocycles. The molecule has 4 aliphatic carbocycles. The molecule has 0 amide bonds. The van der Waals surface area contributed by atoms with E-state index in [0.717, 1.165) is 6.42 Å². The van der Waals surface area contributed by atoms with Gasteiger partial charge in [0.15, 0.2) is 5.78 Å². The van der Waals surface area contributed by atoms with Crippen LogP contribution in [0.15, 0.2) is 12.2 Å². The summed E-state index contributed by atoms with van der Waals surface area (Å²) in [4.78, 5) is 24.9. The van der Waals surface area contributed by atoms with E-state index in [0.29, 0.717) is 31.3 Å². The molecular weight excluding hydrogens is 376 g/mol. The second kappa shape index (κ2) is 5.69. The van der Waals surface area contributed by atoms with E-state index in [4.69, 9.17) is 9.47 Å². The number of ether oxygens (including phenoxy) is 2. The number of ketones is 1. The highest BCUT2D eigenvalue weighted by Gasteiger charge is 2.84. The van der Waals surface area contributed by atoms with Gasteiger partial charge in [0.05, 0.1) is 24.7 Å². The molecule has 0 aromatic heterocycles. The zero-order valence-corrected chi connectivity index (χ0v) is 17.0. The van der Waals surface area contributed by atoms with Gasteiger partial charge in [0, 0.05) is 23.7 Å². The summed E-state index contributed by atoms with van der Waals surface area (Å²) in [6, 6.07) is 0. The number of carbonyl (C=O) groups excluding carboxylic acids is 2. The normalized spacial score (nSPS) is 55.4. The van der Waals surface area contributed by atoms with Crippen LogP contribution in [0.1, 0.15) is 46.0 Å². The van der Waals surface area contributed by atoms with Crippen LogP contribution in [-0.2, 0) is 19.1 Å². The summed E-state index contributed by atoms with van der Waals surface area (Å²) < 4.78 is 11.3. The summed E-state index contributed by atoms with van der Waals surface area (Å²) in [7, 11) is 0. The first-order valence-corrected chi connectivity index (χ1v) is 10.6. The summed E-state index contributed by atoms with van der Waals surface area (Å²) in [5.41, 5.74) is -2.27. The molecule has 2 spiro atoms. The van der Waals surface area contributed by atoms with Gasteiger partial charge in [-0.2, -0.15) is 0 Å². The highest BCUT2D eigenvalue weighted by atomic mass is 16.6. The highest BCUT2D eigenvalue weighted by molar-refractivity contribution is 6.04. The third-order valence-electron chi connectivity index (χ3n) is 9.25. The van der Waals surface area contributed by atoms with Crippen LogP contribution in [0.5, 0.6) is 0 Å². The number of fused-ring (bicyclic) bond motifs is 2. The van der Waals surface area contributed by atoms with Crippen LogP contribution in [0.25, 0.3) is 0 Å². The second-order valence-electron chi connectivity index (χ2n) is 10.4. The second-order valence-corrected chi connectivity index (χ2v) is 10.4. The number of aliphatic hydroxyl groups excluding tert-OH is 2. The minimum atomic E-state index is -2.02. The van der Waals surface area contributed by atoms with E-state index in [1.54, 1.807) is 0 Å². The van der Waals surface area contributed by atoms with E-state index in [-0.39, 0.29) is 30.8 Å². The Hall–Kier alpha value is -1.28. The number of hydrogen-bond acceptors (Lipinski definition) is 7. The molecule has 6 rings (SSSR count). The number of aliphatic hydroxyl groups is 3. The molecule has 7 nitrogen and oxygen atoms in total. The molecule has 160 valence electrons. The van der Waals surface area contributed by atoms with Gasteiger partial charge in [-0.05, 0) is 49.5 Å². The predicted octanol–water partition coefficient (Wildman–Crippen LogP) is 0.948. The Morgan fingerprint density at radius 1 is 1.31 bits per heavy atom. The number of allylic oxidation sites excluding steroid dienone is 1. The molecule has 2 heterocycles. The lowest BCUT2D eigenvalue weighted by molar-refractivity contribution is -0.450. The molecule has 4 saturated carbocycles. The summed E-state index contributed by atoms with van der Waals surface area (Å²) in [6.45, 7) is 7.44. The Bertz CT molecular complexity index is 809. The van der Waals surface area contributed by atoms with Crippen molar-refractivity contribution in [1.29, 1.82) is 0 Å². The molecular formula is C22H30O7. The molecule has 0 aromatic rings. The molecule has 6 fully saturated rings. The van der Waals surface area contributed by atoms with E-state index in [9.17, 15) is 24.9 Å². The molecule has 4 bridgehead atoms. The minimum Gasteiger partial charge on any atom is -0.465 e. The van der Waals surface area contributed by atoms with Gasteiger partial charge in [0.2, 0.25) is 5.79 Å². The largest absolute Gasteiger partial charge is 0.465 e. The number of carbonyl (C=O) groups is 2. The van der Waals surface area contributed by atoms with Gasteiger partial charge in [-0.3, -0.25) is 9.59 Å². The van der Waals surface area contributed by atoms with Crippen molar-refractivity contribution in [3.8, 4) is 0 Å². The molecule has 9 atom stereocenters. The highest BCUT2D eigenvalue weighted by Crippen LogP contribution is 2.76. The smallest absolute Gasteiger partial charge is 0.302 e. The zero-order chi connectivity index (χ0) is 21.0. The lowest BCUT2D eigenvalue weighted by Gasteiger charge is -2.74. The van der Waals surface area contributed by atoms with Crippen LogP contribution >= 0.6 is 0 Å². The van der Waals surface area contributed by atoms with Crippen molar-refractivity contribution in [2.24, 2.45) is 34.0 Å². The monoisotopic (exact) mass is 406 g/mol. The fourth-order valence-electron chi connectivity index (χ4n) is 8.08. The first kappa shape index (κ1) is 19.7. The standard InChI is InChI=1S/C22H30O7/c1-11-13-4-5-14-20-10-29-22(27,21(14,8-13)17(11)25)18(26)16(20)19(3,7-6-15(20)24)9-28-12(2)23/h13-16,18,24,26-27H,1,4-10H2,2-3H3/t13-,14+,15-,16-,18+,19+,20-,21+,22-/m1/s1. The Kier molecular flexibility index (Phi) is 3.86. The molecule has 0 radical (unpaired) electrons. The number of hydrogen-bond donors (Lipinski definition) is 3. The van der Waals surface area contributed by atoms with Crippen molar-refractivity contribution >= 4 is 11.8 Å². The fraction of sp³-hybridized carbons (Fsp3) is 0.818. The maximum absolute atomic E-state index is 13.4. The maximum atomic E-state index is 13.4. The molecule has 3 N–H and O–H groups in total. The average Bonchev–Trinajstić information content (AvgIpc) is 2.87. The van der Waals surface area contributed by atoms with Crippen molar-refractivity contribution in [3.63, 3.8) is 0 Å². The topological polar surface area (TPSA) is 113 Å². The Balaban J connectivity index is 1.69. The molecule has 7 heteroatoms. The third kappa shape index (κ3) is 1.98. The zero-order valence-electron chi connectivity index (χ0n) is 17.0. The van der Waals surface area contributed by atoms with E-state index < -0.39 is 46.1 Å². The van der Waals surface area contributed by atoms with E-state index in [1.807, 2.05) is 6.92 Å². The van der Waals surface area contributed by atoms with Crippen LogP contribution in [0.4, 0.5) is 0 Å². The Morgan fingerprint density at radius 3 is 2.72 bits per heavy atom. The van der Waals surface area contributed by atoms with Crippen LogP contribution in [-0.4, -0.2) is 58.3 Å². The van der Waals surface area contributed by atoms with Crippen LogP contribution in [0.2, 0.25) is 0 Å². The Labute approximate surface area is 170 Å². The number of Topliss-reactive ketones (excluding diaryl/α,β-unsaturated/α-hetero) is 1. The fourth-order valence-corrected chi connectivity index (χ4v) is 8.08. The van der Waals surface area contributed by atoms with Gasteiger partial charge in [0.1, 0.15) is 6.10 Å². The van der Waals surface area contributed by atoms with Crippen LogP contribution in [0.3, 0.4) is 0 Å². The van der Waals surface area contributed by atoms with Crippen molar-refractivity contribution < 1.29 is 34.4 Å². The summed E-state index contributed by atoms with van der Waals surface area (Å²) in [5, 5.41) is 34.6. The van der Waals surface area contributed by atoms with E-state index in [1.165, 1.54) is 6.92 Å². The first-order chi connectivity index (χ1) is 13.5. The summed E-state index contributed by atoms with van der Waals surface area (Å²) in [6.07, 6.45) is 0.743. The lowest BCUT2D eigenvalue weighted by Crippen LogP contribution is -2.84. The molecule has 0 unspecified atom stereocenters. The molecule has 29 heavy (non-hydrogen) atoms. The Morgan fingerprint density at radius 2 is 2.03 bits per heavy atom. The van der Waals surface area contributed by atoms with Crippen molar-refractivity contribution in [3.05, 3.63) is 12.2 Å². The minimum absolute atomic E-state index is 0.0130. The van der Waals surface area contributed by atoms with Crippen molar-refractivity contribution in [1.82, 2.24) is 0 Å². The van der Waals surface area contributed by atoms with Crippen LogP contribution < -0.4 is 0 Å². The van der Waals surface area contributed by atoms with Gasteiger partial charge < -0.3 is 24.8 Å². The quantitative estimate of drug-likeness (QED) is 0.462. The van der Waals surface area contributed by atoms with Gasteiger partial charge >= 0.3 is 5.97 Å². The summed E-state index contributed by atoms with van der Waals surface area (Å²) >= 11 is 0. The van der Waals surface area contributed by atoms with E-state index in [2.05, 4.69) is 6.58 Å². The van der Waals surface area contributed by atoms with Crippen molar-refractivity contribution in [2.75, 3.05) is 13.2 Å². The van der Waals surface area contributed by atoms with Gasteiger partial charge in [-0.15, -0.1) is 0 Å². The van der Waals surface area contributed by atoms with Gasteiger partial charge in [-0.25, -0.2) is 0 Å². The first-order valence-electron chi connectivity index (χ1n) is 10.6.